The molecule has 4 heterocycles. The number of nitrogen functional groups attached to an aromatic ring is 1. The van der Waals surface area contributed by atoms with Crippen LogP contribution in [0, 0.1) is 0 Å². The first-order chi connectivity index (χ1) is 13.3. The number of hydrogen-bond donors (Lipinski definition) is 1. The maximum atomic E-state index is 5.88. The van der Waals surface area contributed by atoms with Crippen molar-refractivity contribution in [2.45, 2.75) is 5.92 Å². The zero-order chi connectivity index (χ0) is 18.2. The molecule has 6 heteroatoms. The summed E-state index contributed by atoms with van der Waals surface area (Å²) in [7, 11) is 0. The first kappa shape index (κ1) is 15.7. The summed E-state index contributed by atoms with van der Waals surface area (Å²) in [6.07, 6.45) is 6.88. The number of rotatable bonds is 3. The van der Waals surface area contributed by atoms with Crippen LogP contribution in [0.15, 0.2) is 67.3 Å². The average Bonchev–Trinajstić information content (AvgIpc) is 2.67. The number of hydrogen-bond acceptors (Lipinski definition) is 6. The molecule has 1 fully saturated rings. The largest absolute Gasteiger partial charge is 0.397 e. The standard InChI is InChI=1S/C21H18N6/c22-17-9-15(10-23-11-17)20-21(25-8-7-24-20)16-12-27(13-16)19-6-5-14-3-1-2-4-18(14)26-19/h1-11,16H,12-13,22H2. The number of para-hydroxylation sites is 1. The highest BCUT2D eigenvalue weighted by atomic mass is 15.2. The first-order valence-corrected chi connectivity index (χ1v) is 8.90. The maximum Gasteiger partial charge on any atom is 0.129 e. The number of fused-ring (bicyclic) bond motifs is 1. The van der Waals surface area contributed by atoms with Crippen molar-refractivity contribution in [2.75, 3.05) is 23.7 Å². The molecule has 132 valence electrons. The van der Waals surface area contributed by atoms with Crippen molar-refractivity contribution in [3.05, 3.63) is 72.9 Å². The van der Waals surface area contributed by atoms with Crippen LogP contribution in [-0.2, 0) is 0 Å². The number of anilines is 2. The molecule has 5 rings (SSSR count). The van der Waals surface area contributed by atoms with Gasteiger partial charge in [-0.25, -0.2) is 4.98 Å². The van der Waals surface area contributed by atoms with Crippen LogP contribution in [0.4, 0.5) is 11.5 Å². The smallest absolute Gasteiger partial charge is 0.129 e. The van der Waals surface area contributed by atoms with Crippen LogP contribution in [0.25, 0.3) is 22.2 Å². The maximum absolute atomic E-state index is 5.88. The number of aromatic nitrogens is 4. The van der Waals surface area contributed by atoms with Crippen LogP contribution < -0.4 is 10.6 Å². The molecule has 1 aliphatic rings. The third-order valence-electron chi connectivity index (χ3n) is 4.94. The van der Waals surface area contributed by atoms with E-state index < -0.39 is 0 Å². The van der Waals surface area contributed by atoms with E-state index in [1.165, 1.54) is 0 Å². The monoisotopic (exact) mass is 354 g/mol. The van der Waals surface area contributed by atoms with E-state index in [4.69, 9.17) is 10.7 Å². The summed E-state index contributed by atoms with van der Waals surface area (Å²) in [6.45, 7) is 1.74. The Kier molecular flexibility index (Phi) is 3.67. The number of pyridine rings is 2. The topological polar surface area (TPSA) is 80.8 Å². The van der Waals surface area contributed by atoms with Crippen LogP contribution >= 0.6 is 0 Å². The molecule has 0 atom stereocenters. The summed E-state index contributed by atoms with van der Waals surface area (Å²) in [5.74, 6) is 1.31. The van der Waals surface area contributed by atoms with E-state index in [1.54, 1.807) is 24.8 Å². The fourth-order valence-corrected chi connectivity index (χ4v) is 3.53. The summed E-state index contributed by atoms with van der Waals surface area (Å²) in [4.78, 5) is 20.4. The Hall–Kier alpha value is -3.54. The fraction of sp³-hybridized carbons (Fsp3) is 0.143. The molecule has 0 bridgehead atoms. The molecule has 1 saturated heterocycles. The highest BCUT2D eigenvalue weighted by Crippen LogP contribution is 2.34. The van der Waals surface area contributed by atoms with Gasteiger partial charge in [0.05, 0.1) is 22.6 Å². The van der Waals surface area contributed by atoms with Crippen molar-refractivity contribution in [1.82, 2.24) is 19.9 Å². The summed E-state index contributed by atoms with van der Waals surface area (Å²) < 4.78 is 0. The first-order valence-electron chi connectivity index (χ1n) is 8.90. The van der Waals surface area contributed by atoms with Crippen molar-refractivity contribution in [3.63, 3.8) is 0 Å². The lowest BCUT2D eigenvalue weighted by atomic mass is 9.92. The zero-order valence-electron chi connectivity index (χ0n) is 14.7. The van der Waals surface area contributed by atoms with Crippen LogP contribution in [0.3, 0.4) is 0 Å². The van der Waals surface area contributed by atoms with Gasteiger partial charge in [-0.2, -0.15) is 0 Å². The van der Waals surface area contributed by atoms with Crippen LogP contribution in [0.2, 0.25) is 0 Å². The Labute approximate surface area is 156 Å². The van der Waals surface area contributed by atoms with E-state index in [1.807, 2.05) is 24.3 Å². The van der Waals surface area contributed by atoms with Gasteiger partial charge in [0.15, 0.2) is 0 Å². The minimum atomic E-state index is 0.309. The molecule has 0 radical (unpaired) electrons. The Morgan fingerprint density at radius 1 is 0.963 bits per heavy atom. The molecule has 3 aromatic heterocycles. The van der Waals surface area contributed by atoms with Crippen LogP contribution in [0.1, 0.15) is 11.6 Å². The molecule has 0 spiro atoms. The lowest BCUT2D eigenvalue weighted by Crippen LogP contribution is -2.46. The number of nitrogens with two attached hydrogens (primary N) is 1. The van der Waals surface area contributed by atoms with Gasteiger partial charge in [-0.15, -0.1) is 0 Å². The van der Waals surface area contributed by atoms with Gasteiger partial charge >= 0.3 is 0 Å². The quantitative estimate of drug-likeness (QED) is 0.608. The van der Waals surface area contributed by atoms with E-state index in [9.17, 15) is 0 Å². The number of nitrogens with zero attached hydrogens (tertiary/aromatic N) is 5. The summed E-state index contributed by atoms with van der Waals surface area (Å²) >= 11 is 0. The molecule has 27 heavy (non-hydrogen) atoms. The molecule has 0 unspecified atom stereocenters. The lowest BCUT2D eigenvalue weighted by Gasteiger charge is -2.40. The van der Waals surface area contributed by atoms with E-state index in [0.29, 0.717) is 11.6 Å². The van der Waals surface area contributed by atoms with E-state index in [-0.39, 0.29) is 0 Å². The minimum Gasteiger partial charge on any atom is -0.397 e. The second kappa shape index (κ2) is 6.32. The van der Waals surface area contributed by atoms with Gasteiger partial charge in [-0.1, -0.05) is 18.2 Å². The number of benzene rings is 1. The summed E-state index contributed by atoms with van der Waals surface area (Å²) in [5, 5.41) is 1.16. The molecule has 0 saturated carbocycles. The van der Waals surface area contributed by atoms with Crippen molar-refractivity contribution in [2.24, 2.45) is 0 Å². The van der Waals surface area contributed by atoms with Crippen LogP contribution in [0.5, 0.6) is 0 Å². The molecular weight excluding hydrogens is 336 g/mol. The normalized spacial score (nSPS) is 14.3. The second-order valence-corrected chi connectivity index (χ2v) is 6.76. The third kappa shape index (κ3) is 2.85. The molecular formula is C21H18N6. The summed E-state index contributed by atoms with van der Waals surface area (Å²) in [5.41, 5.74) is 10.3. The predicted octanol–water partition coefficient (Wildman–Crippen LogP) is 3.27. The second-order valence-electron chi connectivity index (χ2n) is 6.76. The zero-order valence-corrected chi connectivity index (χ0v) is 14.7. The molecule has 0 amide bonds. The van der Waals surface area contributed by atoms with E-state index >= 15 is 0 Å². The van der Waals surface area contributed by atoms with Gasteiger partial charge in [0.25, 0.3) is 0 Å². The van der Waals surface area contributed by atoms with Gasteiger partial charge in [0.1, 0.15) is 5.82 Å². The van der Waals surface area contributed by atoms with E-state index in [2.05, 4.69) is 38.1 Å². The van der Waals surface area contributed by atoms with Crippen molar-refractivity contribution in [1.29, 1.82) is 0 Å². The van der Waals surface area contributed by atoms with Gasteiger partial charge < -0.3 is 10.6 Å². The van der Waals surface area contributed by atoms with E-state index in [0.717, 1.165) is 46.8 Å². The van der Waals surface area contributed by atoms with Gasteiger partial charge in [0.2, 0.25) is 0 Å². The SMILES string of the molecule is Nc1cncc(-c2nccnc2C2CN(c3ccc4ccccc4n3)C2)c1. The molecule has 4 aromatic rings. The van der Waals surface area contributed by atoms with Crippen molar-refractivity contribution >= 4 is 22.4 Å². The fourth-order valence-electron chi connectivity index (χ4n) is 3.53. The molecule has 6 nitrogen and oxygen atoms in total. The minimum absolute atomic E-state index is 0.309. The molecule has 2 N–H and O–H groups in total. The summed E-state index contributed by atoms with van der Waals surface area (Å²) in [6, 6.07) is 14.3. The predicted molar refractivity (Wildman–Crippen MR) is 106 cm³/mol. The Morgan fingerprint density at radius 3 is 2.70 bits per heavy atom. The van der Waals surface area contributed by atoms with Gasteiger partial charge in [0, 0.05) is 54.7 Å². The van der Waals surface area contributed by atoms with Gasteiger partial charge in [-0.05, 0) is 24.3 Å². The highest BCUT2D eigenvalue weighted by Gasteiger charge is 2.32. The highest BCUT2D eigenvalue weighted by molar-refractivity contribution is 5.80. The Balaban J connectivity index is 1.40. The van der Waals surface area contributed by atoms with Gasteiger partial charge in [-0.3, -0.25) is 15.0 Å². The van der Waals surface area contributed by atoms with Crippen molar-refractivity contribution < 1.29 is 0 Å². The third-order valence-corrected chi connectivity index (χ3v) is 4.94. The Morgan fingerprint density at radius 2 is 1.81 bits per heavy atom. The van der Waals surface area contributed by atoms with Crippen LogP contribution in [-0.4, -0.2) is 33.0 Å². The Bertz CT molecular complexity index is 1120. The average molecular weight is 354 g/mol. The molecule has 1 aromatic carbocycles. The molecule has 1 aliphatic heterocycles. The van der Waals surface area contributed by atoms with Crippen molar-refractivity contribution in [3.8, 4) is 11.3 Å². The lowest BCUT2D eigenvalue weighted by molar-refractivity contribution is 0.509. The molecule has 0 aliphatic carbocycles.